The first-order valence-corrected chi connectivity index (χ1v) is 15.8. The number of nitrogens with one attached hydrogen (secondary N) is 1. The Balaban J connectivity index is 1.36. The van der Waals surface area contributed by atoms with Gasteiger partial charge >= 0.3 is 0 Å². The zero-order valence-corrected chi connectivity index (χ0v) is 27.0. The average molecular weight is 627 g/mol. The van der Waals surface area contributed by atoms with Crippen LogP contribution in [0.5, 0.6) is 5.75 Å². The van der Waals surface area contributed by atoms with Crippen LogP contribution in [0.1, 0.15) is 41.9 Å². The Labute approximate surface area is 267 Å². The molecule has 0 unspecified atom stereocenters. The molecule has 0 saturated heterocycles. The molecule has 2 aromatic heterocycles. The molecule has 44 heavy (non-hydrogen) atoms. The molecular formula is C34H35ClN6O2S. The standard InChI is InChI=1S/C34H35ClN6O2S/c1-6-24-9-8-10-25(7-2)32(24)41-33(26-11-17-30(43-5)18-12-26)38-39-34(41)44-21-31(42)37-36-20-27-19-22(3)40(23(27)4)29-15-13-28(35)14-16-29/h8-20H,6-7,21H2,1-5H3,(H,37,42). The van der Waals surface area contributed by atoms with Crippen molar-refractivity contribution in [1.29, 1.82) is 0 Å². The molecule has 0 fully saturated rings. The lowest BCUT2D eigenvalue weighted by atomic mass is 10.0. The van der Waals surface area contributed by atoms with Crippen molar-refractivity contribution in [2.24, 2.45) is 5.10 Å². The summed E-state index contributed by atoms with van der Waals surface area (Å²) in [6.45, 7) is 8.33. The maximum atomic E-state index is 12.9. The maximum absolute atomic E-state index is 12.9. The summed E-state index contributed by atoms with van der Waals surface area (Å²) < 4.78 is 9.55. The summed E-state index contributed by atoms with van der Waals surface area (Å²) in [5.74, 6) is 1.36. The van der Waals surface area contributed by atoms with Gasteiger partial charge in [0, 0.05) is 33.2 Å². The van der Waals surface area contributed by atoms with Crippen LogP contribution in [-0.4, -0.2) is 44.3 Å². The number of benzene rings is 3. The lowest BCUT2D eigenvalue weighted by molar-refractivity contribution is -0.118. The molecule has 5 rings (SSSR count). The molecule has 1 N–H and O–H groups in total. The molecule has 0 aliphatic rings. The van der Waals surface area contributed by atoms with Crippen LogP contribution in [0, 0.1) is 13.8 Å². The highest BCUT2D eigenvalue weighted by molar-refractivity contribution is 7.99. The summed E-state index contributed by atoms with van der Waals surface area (Å²) in [4.78, 5) is 12.9. The van der Waals surface area contributed by atoms with Crippen LogP contribution in [0.4, 0.5) is 0 Å². The Morgan fingerprint density at radius 3 is 2.30 bits per heavy atom. The fraction of sp³-hybridized carbons (Fsp3) is 0.235. The van der Waals surface area contributed by atoms with Gasteiger partial charge in [-0.1, -0.05) is 55.4 Å². The van der Waals surface area contributed by atoms with Crippen LogP contribution >= 0.6 is 23.4 Å². The van der Waals surface area contributed by atoms with E-state index >= 15 is 0 Å². The van der Waals surface area contributed by atoms with Crippen LogP contribution in [0.15, 0.2) is 83.1 Å². The number of amides is 1. The Morgan fingerprint density at radius 2 is 1.66 bits per heavy atom. The third kappa shape index (κ3) is 6.59. The van der Waals surface area contributed by atoms with Crippen molar-refractivity contribution in [3.05, 3.63) is 106 Å². The average Bonchev–Trinajstić information content (AvgIpc) is 3.59. The quantitative estimate of drug-likeness (QED) is 0.0940. The summed E-state index contributed by atoms with van der Waals surface area (Å²) >= 11 is 7.40. The lowest BCUT2D eigenvalue weighted by Crippen LogP contribution is -2.20. The fourth-order valence-corrected chi connectivity index (χ4v) is 6.09. The monoisotopic (exact) mass is 626 g/mol. The van der Waals surface area contributed by atoms with Gasteiger partial charge in [-0.25, -0.2) is 5.43 Å². The summed E-state index contributed by atoms with van der Waals surface area (Å²) in [6.07, 6.45) is 3.37. The van der Waals surface area contributed by atoms with Crippen molar-refractivity contribution >= 4 is 35.5 Å². The van der Waals surface area contributed by atoms with Crippen molar-refractivity contribution in [3.8, 4) is 28.5 Å². The molecule has 3 aromatic carbocycles. The molecule has 10 heteroatoms. The highest BCUT2D eigenvalue weighted by Crippen LogP contribution is 2.33. The fourth-order valence-electron chi connectivity index (χ4n) is 5.24. The number of aromatic nitrogens is 4. The molecule has 0 bridgehead atoms. The smallest absolute Gasteiger partial charge is 0.250 e. The molecule has 0 spiro atoms. The second kappa shape index (κ2) is 14.0. The van der Waals surface area contributed by atoms with E-state index in [1.54, 1.807) is 13.3 Å². The van der Waals surface area contributed by atoms with Gasteiger partial charge in [0.1, 0.15) is 5.75 Å². The number of nitrogens with zero attached hydrogens (tertiary/aromatic N) is 5. The van der Waals surface area contributed by atoms with Crippen LogP contribution in [-0.2, 0) is 17.6 Å². The molecule has 1 amide bonds. The number of hydrogen-bond donors (Lipinski definition) is 1. The van der Waals surface area contributed by atoms with Crippen LogP contribution in [0.2, 0.25) is 5.02 Å². The van der Waals surface area contributed by atoms with Crippen LogP contribution < -0.4 is 10.2 Å². The van der Waals surface area contributed by atoms with Gasteiger partial charge in [0.05, 0.1) is 24.8 Å². The zero-order chi connectivity index (χ0) is 31.2. The van der Waals surface area contributed by atoms with Gasteiger partial charge in [-0.2, -0.15) is 5.10 Å². The minimum Gasteiger partial charge on any atom is -0.497 e. The van der Waals surface area contributed by atoms with E-state index in [9.17, 15) is 4.79 Å². The Bertz CT molecular complexity index is 1770. The number of rotatable bonds is 11. The molecule has 8 nitrogen and oxygen atoms in total. The Morgan fingerprint density at radius 1 is 0.977 bits per heavy atom. The van der Waals surface area contributed by atoms with Gasteiger partial charge in [0.15, 0.2) is 11.0 Å². The lowest BCUT2D eigenvalue weighted by Gasteiger charge is -2.18. The van der Waals surface area contributed by atoms with E-state index in [1.807, 2.05) is 68.4 Å². The first-order chi connectivity index (χ1) is 21.3. The van der Waals surface area contributed by atoms with E-state index in [1.165, 1.54) is 22.9 Å². The van der Waals surface area contributed by atoms with Gasteiger partial charge in [-0.15, -0.1) is 10.2 Å². The third-order valence-corrected chi connectivity index (χ3v) is 8.63. The number of methoxy groups -OCH3 is 1. The number of ether oxygens (including phenoxy) is 1. The van der Waals surface area contributed by atoms with Crippen molar-refractivity contribution in [2.45, 2.75) is 45.7 Å². The van der Waals surface area contributed by atoms with E-state index in [0.717, 1.165) is 52.5 Å². The van der Waals surface area contributed by atoms with Gasteiger partial charge in [0.2, 0.25) is 0 Å². The van der Waals surface area contributed by atoms with E-state index in [4.69, 9.17) is 16.3 Å². The number of hydrogen-bond acceptors (Lipinski definition) is 6. The predicted octanol–water partition coefficient (Wildman–Crippen LogP) is 7.37. The van der Waals surface area contributed by atoms with Gasteiger partial charge < -0.3 is 9.30 Å². The van der Waals surface area contributed by atoms with Gasteiger partial charge in [-0.3, -0.25) is 9.36 Å². The minimum absolute atomic E-state index is 0.123. The number of carbonyl (C=O) groups excluding carboxylic acids is 1. The second-order valence-electron chi connectivity index (χ2n) is 10.2. The first kappa shape index (κ1) is 31.1. The number of hydrazone groups is 1. The van der Waals surface area contributed by atoms with E-state index < -0.39 is 0 Å². The largest absolute Gasteiger partial charge is 0.497 e. The molecule has 226 valence electrons. The summed E-state index contributed by atoms with van der Waals surface area (Å²) in [7, 11) is 1.64. The summed E-state index contributed by atoms with van der Waals surface area (Å²) in [5.41, 5.74) is 11.0. The molecule has 0 aliphatic heterocycles. The van der Waals surface area contributed by atoms with Gasteiger partial charge in [0.25, 0.3) is 5.91 Å². The van der Waals surface area contributed by atoms with Crippen molar-refractivity contribution in [3.63, 3.8) is 0 Å². The number of aryl methyl sites for hydroxylation is 3. The molecule has 0 aliphatic carbocycles. The Kier molecular flexibility index (Phi) is 9.87. The zero-order valence-electron chi connectivity index (χ0n) is 25.5. The topological polar surface area (TPSA) is 86.3 Å². The second-order valence-corrected chi connectivity index (χ2v) is 11.6. The van der Waals surface area contributed by atoms with E-state index in [-0.39, 0.29) is 11.7 Å². The van der Waals surface area contributed by atoms with E-state index in [2.05, 4.69) is 61.9 Å². The first-order valence-electron chi connectivity index (χ1n) is 14.4. The molecule has 5 aromatic rings. The summed E-state index contributed by atoms with van der Waals surface area (Å²) in [6, 6.07) is 23.8. The van der Waals surface area contributed by atoms with Crippen LogP contribution in [0.25, 0.3) is 22.8 Å². The number of thioether (sulfide) groups is 1. The number of halogens is 1. The van der Waals surface area contributed by atoms with Crippen LogP contribution in [0.3, 0.4) is 0 Å². The Hall–Kier alpha value is -4.34. The minimum atomic E-state index is -0.238. The van der Waals surface area contributed by atoms with Crippen molar-refractivity contribution in [1.82, 2.24) is 24.8 Å². The highest BCUT2D eigenvalue weighted by atomic mass is 35.5. The van der Waals surface area contributed by atoms with Gasteiger partial charge in [-0.05, 0) is 92.4 Å². The molecule has 0 radical (unpaired) electrons. The number of carbonyl (C=O) groups is 1. The SMILES string of the molecule is CCc1cccc(CC)c1-n1c(SCC(=O)NN=Cc2cc(C)n(-c3ccc(Cl)cc3)c2C)nnc1-c1ccc(OC)cc1. The number of para-hydroxylation sites is 1. The molecule has 0 saturated carbocycles. The predicted molar refractivity (Wildman–Crippen MR) is 179 cm³/mol. The highest BCUT2D eigenvalue weighted by Gasteiger charge is 2.21. The normalized spacial score (nSPS) is 11.3. The maximum Gasteiger partial charge on any atom is 0.250 e. The third-order valence-electron chi connectivity index (χ3n) is 7.45. The summed E-state index contributed by atoms with van der Waals surface area (Å²) in [5, 5.41) is 14.7. The molecule has 0 atom stereocenters. The molecule has 2 heterocycles. The molecular weight excluding hydrogens is 592 g/mol. The van der Waals surface area contributed by atoms with Crippen molar-refractivity contribution < 1.29 is 9.53 Å². The van der Waals surface area contributed by atoms with E-state index in [0.29, 0.717) is 16.0 Å². The van der Waals surface area contributed by atoms with Crippen molar-refractivity contribution in [2.75, 3.05) is 12.9 Å².